The number of fused-ring (bicyclic) bond motifs is 1. The highest BCUT2D eigenvalue weighted by Gasteiger charge is 2.34. The fraction of sp³-hybridized carbons (Fsp3) is 0.240. The van der Waals surface area contributed by atoms with Crippen molar-refractivity contribution >= 4 is 38.4 Å². The van der Waals surface area contributed by atoms with E-state index in [1.54, 1.807) is 18.3 Å². The Hall–Kier alpha value is -4.01. The average Bonchev–Trinajstić information content (AvgIpc) is 2.89. The van der Waals surface area contributed by atoms with Crippen molar-refractivity contribution in [3.8, 4) is 16.9 Å². The summed E-state index contributed by atoms with van der Waals surface area (Å²) in [7, 11) is -3.85. The molecule has 0 spiro atoms. The normalized spacial score (nSPS) is 14.9. The number of sulfonamides is 1. The van der Waals surface area contributed by atoms with Crippen molar-refractivity contribution in [3.63, 3.8) is 0 Å². The molecular weight excluding hydrogens is 535 g/mol. The van der Waals surface area contributed by atoms with Crippen LogP contribution in [0.5, 0.6) is 5.75 Å². The number of hydrogen-bond donors (Lipinski definition) is 4. The van der Waals surface area contributed by atoms with Gasteiger partial charge >= 0.3 is 6.18 Å². The van der Waals surface area contributed by atoms with Gasteiger partial charge in [-0.15, -0.1) is 0 Å². The molecule has 0 saturated carbocycles. The highest BCUT2D eigenvalue weighted by Crippen LogP contribution is 2.41. The van der Waals surface area contributed by atoms with E-state index in [1.807, 2.05) is 0 Å². The summed E-state index contributed by atoms with van der Waals surface area (Å²) in [6, 6.07) is 9.99. The van der Waals surface area contributed by atoms with Gasteiger partial charge in [0.05, 0.1) is 10.5 Å². The zero-order valence-electron chi connectivity index (χ0n) is 20.4. The Morgan fingerprint density at radius 2 is 1.74 bits per heavy atom. The molecule has 0 unspecified atom stereocenters. The quantitative estimate of drug-likeness (QED) is 0.276. The van der Waals surface area contributed by atoms with Crippen molar-refractivity contribution in [2.45, 2.75) is 30.0 Å². The van der Waals surface area contributed by atoms with Crippen LogP contribution in [0.1, 0.15) is 18.4 Å². The third-order valence-electron chi connectivity index (χ3n) is 6.25. The smallest absolute Gasteiger partial charge is 0.419 e. The van der Waals surface area contributed by atoms with E-state index in [9.17, 15) is 21.6 Å². The lowest BCUT2D eigenvalue weighted by molar-refractivity contribution is -0.137. The van der Waals surface area contributed by atoms with E-state index in [-0.39, 0.29) is 22.5 Å². The number of benzene rings is 2. The number of halogens is 3. The number of hydrogen-bond acceptors (Lipinski definition) is 9. The maximum Gasteiger partial charge on any atom is 0.419 e. The molecule has 0 radical (unpaired) electrons. The van der Waals surface area contributed by atoms with Crippen LogP contribution in [0.15, 0.2) is 59.8 Å². The molecule has 0 amide bonds. The molecule has 2 aromatic carbocycles. The van der Waals surface area contributed by atoms with E-state index in [0.29, 0.717) is 40.7 Å². The van der Waals surface area contributed by atoms with Crippen molar-refractivity contribution < 1.29 is 26.3 Å². The number of aromatic nitrogens is 3. The first kappa shape index (κ1) is 26.6. The molecular formula is C25H24F3N7O3S. The molecule has 1 aliphatic heterocycles. The number of primary sulfonamides is 1. The van der Waals surface area contributed by atoms with Crippen molar-refractivity contribution in [1.29, 1.82) is 0 Å². The lowest BCUT2D eigenvalue weighted by atomic mass is 10.0. The summed E-state index contributed by atoms with van der Waals surface area (Å²) < 4.78 is 70.2. The van der Waals surface area contributed by atoms with Gasteiger partial charge in [0.15, 0.2) is 5.75 Å². The Labute approximate surface area is 221 Å². The van der Waals surface area contributed by atoms with Gasteiger partial charge in [-0.05, 0) is 62.3 Å². The highest BCUT2D eigenvalue weighted by atomic mass is 32.2. The van der Waals surface area contributed by atoms with Crippen LogP contribution in [-0.2, 0) is 16.2 Å². The number of ether oxygens (including phenoxy) is 1. The van der Waals surface area contributed by atoms with E-state index in [4.69, 9.17) is 15.6 Å². The molecule has 1 fully saturated rings. The number of rotatable bonds is 6. The molecule has 0 atom stereocenters. The maximum absolute atomic E-state index is 13.6. The second kappa shape index (κ2) is 10.3. The number of nitrogens with one attached hydrogen (secondary N) is 2. The van der Waals surface area contributed by atoms with Crippen molar-refractivity contribution in [2.24, 2.45) is 5.14 Å². The van der Waals surface area contributed by atoms with Gasteiger partial charge in [0, 0.05) is 34.6 Å². The Morgan fingerprint density at radius 1 is 1.03 bits per heavy atom. The summed E-state index contributed by atoms with van der Waals surface area (Å²) in [5.74, 6) is -0.145. The highest BCUT2D eigenvalue weighted by molar-refractivity contribution is 7.89. The van der Waals surface area contributed by atoms with Crippen LogP contribution in [0, 0.1) is 0 Å². The zero-order valence-corrected chi connectivity index (χ0v) is 21.2. The first-order valence-electron chi connectivity index (χ1n) is 11.9. The summed E-state index contributed by atoms with van der Waals surface area (Å²) in [4.78, 5) is 12.7. The predicted octanol–water partition coefficient (Wildman–Crippen LogP) is 3.81. The number of nitrogens with zero attached hydrogens (tertiary/aromatic N) is 3. The van der Waals surface area contributed by atoms with E-state index in [0.717, 1.165) is 19.2 Å². The molecule has 6 N–H and O–H groups in total. The lowest BCUT2D eigenvalue weighted by Gasteiger charge is -2.26. The number of piperidine rings is 1. The van der Waals surface area contributed by atoms with Crippen LogP contribution in [0.3, 0.4) is 0 Å². The Balaban J connectivity index is 1.59. The number of pyridine rings is 1. The van der Waals surface area contributed by atoms with Gasteiger partial charge in [0.1, 0.15) is 17.4 Å². The molecule has 5 rings (SSSR count). The molecule has 10 nitrogen and oxygen atoms in total. The number of alkyl halides is 3. The minimum Gasteiger partial charge on any atom is -0.487 e. The Morgan fingerprint density at radius 3 is 2.41 bits per heavy atom. The first-order valence-corrected chi connectivity index (χ1v) is 13.4. The van der Waals surface area contributed by atoms with Gasteiger partial charge in [-0.25, -0.2) is 28.5 Å². The van der Waals surface area contributed by atoms with Crippen molar-refractivity contribution in [1.82, 2.24) is 20.3 Å². The summed E-state index contributed by atoms with van der Waals surface area (Å²) in [6.07, 6.45) is -0.625. The standard InChI is InChI=1S/C25H24F3N7O3S/c26-25(27,28)20-11-15(13-32-23(20)29)19-6-1-14-12-33-24(34-16-2-4-18(5-3-16)39(30,36)37)35-21(14)22(19)38-17-7-9-31-10-8-17/h1-6,11-13,17,31H,7-10H2,(H2,29,32)(H2,30,36,37)(H,33,34,35). The van der Waals surface area contributed by atoms with E-state index in [2.05, 4.69) is 25.6 Å². The molecule has 3 heterocycles. The van der Waals surface area contributed by atoms with E-state index < -0.39 is 27.6 Å². The summed E-state index contributed by atoms with van der Waals surface area (Å²) in [6.45, 7) is 1.48. The molecule has 0 aliphatic carbocycles. The molecule has 4 aromatic rings. The van der Waals surface area contributed by atoms with Crippen molar-refractivity contribution in [2.75, 3.05) is 24.1 Å². The van der Waals surface area contributed by atoms with Crippen LogP contribution in [-0.4, -0.2) is 42.6 Å². The second-order valence-electron chi connectivity index (χ2n) is 8.99. The number of anilines is 3. The number of nitrogen functional groups attached to an aromatic ring is 1. The number of nitrogens with two attached hydrogens (primary N) is 2. The van der Waals surface area contributed by atoms with Crippen LogP contribution in [0.2, 0.25) is 0 Å². The average molecular weight is 560 g/mol. The largest absolute Gasteiger partial charge is 0.487 e. The summed E-state index contributed by atoms with van der Waals surface area (Å²) in [5.41, 5.74) is 5.91. The molecule has 39 heavy (non-hydrogen) atoms. The minimum atomic E-state index is -4.68. The first-order chi connectivity index (χ1) is 18.5. The second-order valence-corrected chi connectivity index (χ2v) is 10.6. The fourth-order valence-corrected chi connectivity index (χ4v) is 4.78. The fourth-order valence-electron chi connectivity index (χ4n) is 4.26. The predicted molar refractivity (Wildman–Crippen MR) is 140 cm³/mol. The summed E-state index contributed by atoms with van der Waals surface area (Å²) >= 11 is 0. The van der Waals surface area contributed by atoms with Crippen LogP contribution >= 0.6 is 0 Å². The van der Waals surface area contributed by atoms with Gasteiger partial charge in [-0.3, -0.25) is 0 Å². The molecule has 1 aliphatic rings. The third kappa shape index (κ3) is 5.87. The lowest BCUT2D eigenvalue weighted by Crippen LogP contribution is -2.34. The SMILES string of the molecule is Nc1ncc(-c2ccc3cnc(Nc4ccc(S(N)(=O)=O)cc4)nc3c2OC2CCNCC2)cc1C(F)(F)F. The maximum atomic E-state index is 13.6. The third-order valence-corrected chi connectivity index (χ3v) is 7.18. The Kier molecular flexibility index (Phi) is 7.01. The molecule has 14 heteroatoms. The van der Waals surface area contributed by atoms with Crippen molar-refractivity contribution in [3.05, 3.63) is 60.4 Å². The van der Waals surface area contributed by atoms with E-state index in [1.165, 1.54) is 30.5 Å². The van der Waals surface area contributed by atoms with Gasteiger partial charge < -0.3 is 21.1 Å². The molecule has 0 bridgehead atoms. The van der Waals surface area contributed by atoms with Gasteiger partial charge in [-0.1, -0.05) is 6.07 Å². The molecule has 204 valence electrons. The topological polar surface area (TPSA) is 158 Å². The minimum absolute atomic E-state index is 0.0508. The van der Waals surface area contributed by atoms with Crippen LogP contribution in [0.25, 0.3) is 22.0 Å². The van der Waals surface area contributed by atoms with Crippen LogP contribution < -0.4 is 26.2 Å². The molecule has 1 saturated heterocycles. The van der Waals surface area contributed by atoms with Gasteiger partial charge in [0.25, 0.3) is 0 Å². The van der Waals surface area contributed by atoms with E-state index >= 15 is 0 Å². The van der Waals surface area contributed by atoms with Crippen LogP contribution in [0.4, 0.5) is 30.6 Å². The summed E-state index contributed by atoms with van der Waals surface area (Å²) in [5, 5.41) is 12.0. The Bertz CT molecular complexity index is 1630. The zero-order chi connectivity index (χ0) is 27.8. The van der Waals surface area contributed by atoms with Gasteiger partial charge in [-0.2, -0.15) is 13.2 Å². The molecule has 2 aromatic heterocycles. The van der Waals surface area contributed by atoms with Gasteiger partial charge in [0.2, 0.25) is 16.0 Å². The monoisotopic (exact) mass is 559 g/mol.